The number of aryl methyl sites for hydroxylation is 1. The Kier molecular flexibility index (Phi) is 4.32. The number of nitrogens with zero attached hydrogens (tertiary/aromatic N) is 1. The summed E-state index contributed by atoms with van der Waals surface area (Å²) in [7, 11) is -2.55. The van der Waals surface area contributed by atoms with Crippen LogP contribution in [0.3, 0.4) is 0 Å². The van der Waals surface area contributed by atoms with Crippen LogP contribution in [0.15, 0.2) is 17.2 Å². The van der Waals surface area contributed by atoms with Gasteiger partial charge in [-0.2, -0.15) is 4.72 Å². The van der Waals surface area contributed by atoms with Crippen molar-refractivity contribution in [2.75, 3.05) is 0 Å². The Morgan fingerprint density at radius 2 is 2.11 bits per heavy atom. The molecule has 0 saturated heterocycles. The Morgan fingerprint density at radius 1 is 1.53 bits per heavy atom. The lowest BCUT2D eigenvalue weighted by atomic mass is 10.2. The van der Waals surface area contributed by atoms with Gasteiger partial charge in [-0.3, -0.25) is 9.59 Å². The van der Waals surface area contributed by atoms with Crippen molar-refractivity contribution < 1.29 is 23.1 Å². The highest BCUT2D eigenvalue weighted by molar-refractivity contribution is 7.89. The lowest BCUT2D eigenvalue weighted by Crippen LogP contribution is -2.40. The number of carboxylic acids is 1. The Morgan fingerprint density at radius 3 is 2.47 bits per heavy atom. The van der Waals surface area contributed by atoms with Crippen LogP contribution in [0.25, 0.3) is 0 Å². The van der Waals surface area contributed by atoms with Crippen molar-refractivity contribution in [2.45, 2.75) is 24.3 Å². The summed E-state index contributed by atoms with van der Waals surface area (Å²) in [6.07, 6.45) is 1.29. The number of primary amides is 1. The summed E-state index contributed by atoms with van der Waals surface area (Å²) in [6.45, 7) is 1.54. The second kappa shape index (κ2) is 5.41. The predicted octanol–water partition coefficient (Wildman–Crippen LogP) is -0.734. The minimum atomic E-state index is -4.01. The summed E-state index contributed by atoms with van der Waals surface area (Å²) in [5.41, 5.74) is 5.10. The topological polar surface area (TPSA) is 131 Å². The predicted molar refractivity (Wildman–Crippen MR) is 66.0 cm³/mol. The van der Waals surface area contributed by atoms with Crippen LogP contribution in [-0.2, 0) is 21.9 Å². The molecule has 106 valence electrons. The largest absolute Gasteiger partial charge is 0.480 e. The highest BCUT2D eigenvalue weighted by Crippen LogP contribution is 2.14. The molecule has 8 nitrogen and oxygen atoms in total. The fourth-order valence-corrected chi connectivity index (χ4v) is 2.83. The molecule has 0 fully saturated rings. The van der Waals surface area contributed by atoms with Gasteiger partial charge in [0.2, 0.25) is 10.0 Å². The van der Waals surface area contributed by atoms with E-state index in [1.165, 1.54) is 17.8 Å². The molecule has 0 aliphatic carbocycles. The third-order valence-electron chi connectivity index (χ3n) is 2.55. The number of rotatable bonds is 6. The van der Waals surface area contributed by atoms with Crippen molar-refractivity contribution >= 4 is 21.9 Å². The van der Waals surface area contributed by atoms with Crippen molar-refractivity contribution in [3.63, 3.8) is 0 Å². The Hall–Kier alpha value is -1.87. The maximum Gasteiger partial charge on any atom is 0.321 e. The Bertz CT molecular complexity index is 605. The van der Waals surface area contributed by atoms with E-state index in [9.17, 15) is 18.0 Å². The molecular formula is C10H15N3O5S. The zero-order valence-electron chi connectivity index (χ0n) is 10.5. The van der Waals surface area contributed by atoms with Crippen molar-refractivity contribution in [1.82, 2.24) is 9.29 Å². The number of nitrogens with one attached hydrogen (secondary N) is 1. The molecule has 0 aliphatic heterocycles. The minimum Gasteiger partial charge on any atom is -0.480 e. The van der Waals surface area contributed by atoms with Gasteiger partial charge in [-0.15, -0.1) is 0 Å². The van der Waals surface area contributed by atoms with Gasteiger partial charge in [0.15, 0.2) is 0 Å². The van der Waals surface area contributed by atoms with Gasteiger partial charge in [0, 0.05) is 13.2 Å². The summed E-state index contributed by atoms with van der Waals surface area (Å²) < 4.78 is 27.2. The van der Waals surface area contributed by atoms with Crippen LogP contribution in [-0.4, -0.2) is 36.0 Å². The Balaban J connectivity index is 3.10. The Labute approximate surface area is 110 Å². The SMILES string of the molecule is CCC(NS(=O)(=O)c1cc(C(N)=O)n(C)c1)C(=O)O. The number of carbonyl (C=O) groups is 2. The zero-order chi connectivity index (χ0) is 14.8. The molecule has 0 aromatic carbocycles. The third-order valence-corrected chi connectivity index (χ3v) is 3.99. The van der Waals surface area contributed by atoms with E-state index >= 15 is 0 Å². The summed E-state index contributed by atoms with van der Waals surface area (Å²) in [6, 6.07) is -0.124. The first kappa shape index (κ1) is 15.2. The molecule has 1 aromatic rings. The lowest BCUT2D eigenvalue weighted by molar-refractivity contribution is -0.139. The van der Waals surface area contributed by atoms with Crippen LogP contribution in [0.1, 0.15) is 23.8 Å². The fourth-order valence-electron chi connectivity index (χ4n) is 1.49. The summed E-state index contributed by atoms with van der Waals surface area (Å²) in [4.78, 5) is 21.6. The molecule has 0 radical (unpaired) electrons. The van der Waals surface area contributed by atoms with Crippen molar-refractivity contribution in [1.29, 1.82) is 0 Å². The van der Waals surface area contributed by atoms with E-state index in [2.05, 4.69) is 0 Å². The number of aliphatic carboxylic acids is 1. The van der Waals surface area contributed by atoms with E-state index < -0.39 is 27.9 Å². The quantitative estimate of drug-likeness (QED) is 0.635. The molecule has 0 bridgehead atoms. The number of aromatic nitrogens is 1. The van der Waals surface area contributed by atoms with Crippen molar-refractivity contribution in [3.8, 4) is 0 Å². The smallest absolute Gasteiger partial charge is 0.321 e. The van der Waals surface area contributed by atoms with Crippen molar-refractivity contribution in [2.24, 2.45) is 12.8 Å². The standard InChI is InChI=1S/C10H15N3O5S/c1-3-7(10(15)16)12-19(17,18)6-4-8(9(11)14)13(2)5-6/h4-5,7,12H,3H2,1-2H3,(H2,11,14)(H,15,16). The summed E-state index contributed by atoms with van der Waals surface area (Å²) in [5, 5.41) is 8.83. The molecule has 1 heterocycles. The number of sulfonamides is 1. The first-order valence-corrected chi connectivity index (χ1v) is 6.88. The van der Waals surface area contributed by atoms with E-state index in [0.29, 0.717) is 0 Å². The van der Waals surface area contributed by atoms with E-state index in [1.54, 1.807) is 6.92 Å². The highest BCUT2D eigenvalue weighted by atomic mass is 32.2. The molecule has 1 rings (SSSR count). The maximum atomic E-state index is 12.0. The molecule has 4 N–H and O–H groups in total. The molecule has 19 heavy (non-hydrogen) atoms. The van der Waals surface area contributed by atoms with E-state index in [1.807, 2.05) is 4.72 Å². The molecule has 0 saturated carbocycles. The maximum absolute atomic E-state index is 12.0. The number of nitrogens with two attached hydrogens (primary N) is 1. The molecule has 0 spiro atoms. The molecular weight excluding hydrogens is 274 g/mol. The second-order valence-corrected chi connectivity index (χ2v) is 5.67. The van der Waals surface area contributed by atoms with Gasteiger partial charge >= 0.3 is 5.97 Å². The van der Waals surface area contributed by atoms with E-state index in [-0.39, 0.29) is 17.0 Å². The van der Waals surface area contributed by atoms with Crippen LogP contribution in [0.5, 0.6) is 0 Å². The van der Waals surface area contributed by atoms with Crippen molar-refractivity contribution in [3.05, 3.63) is 18.0 Å². The third kappa shape index (κ3) is 3.32. The highest BCUT2D eigenvalue weighted by Gasteiger charge is 2.25. The van der Waals surface area contributed by atoms with Crippen LogP contribution in [0.2, 0.25) is 0 Å². The van der Waals surface area contributed by atoms with Crippen LogP contribution >= 0.6 is 0 Å². The average molecular weight is 289 g/mol. The first-order valence-electron chi connectivity index (χ1n) is 5.40. The lowest BCUT2D eigenvalue weighted by Gasteiger charge is -2.11. The van der Waals surface area contributed by atoms with Gasteiger partial charge in [0.05, 0.1) is 0 Å². The number of carbonyl (C=O) groups excluding carboxylic acids is 1. The van der Waals surface area contributed by atoms with E-state index in [0.717, 1.165) is 6.07 Å². The molecule has 1 atom stereocenters. The van der Waals surface area contributed by atoms with Crippen LogP contribution in [0.4, 0.5) is 0 Å². The van der Waals surface area contributed by atoms with Gasteiger partial charge in [-0.1, -0.05) is 6.92 Å². The fraction of sp³-hybridized carbons (Fsp3) is 0.400. The van der Waals surface area contributed by atoms with Gasteiger partial charge < -0.3 is 15.4 Å². The monoisotopic (exact) mass is 289 g/mol. The zero-order valence-corrected chi connectivity index (χ0v) is 11.3. The van der Waals surface area contributed by atoms with Gasteiger partial charge in [-0.05, 0) is 12.5 Å². The number of carboxylic acid groups (broad SMARTS) is 1. The first-order chi connectivity index (χ1) is 8.69. The molecule has 1 amide bonds. The summed E-state index contributed by atoms with van der Waals surface area (Å²) in [5.74, 6) is -2.04. The van der Waals surface area contributed by atoms with Crippen LogP contribution < -0.4 is 10.5 Å². The average Bonchev–Trinajstić information content (AvgIpc) is 2.68. The molecule has 0 aliphatic rings. The molecule has 1 aromatic heterocycles. The number of hydrogen-bond donors (Lipinski definition) is 3. The summed E-state index contributed by atoms with van der Waals surface area (Å²) >= 11 is 0. The van der Waals surface area contributed by atoms with Gasteiger partial charge in [-0.25, -0.2) is 8.42 Å². The molecule has 9 heteroatoms. The molecule has 1 unspecified atom stereocenters. The number of hydrogen-bond acceptors (Lipinski definition) is 4. The normalized spacial score (nSPS) is 13.2. The van der Waals surface area contributed by atoms with Gasteiger partial charge in [0.25, 0.3) is 5.91 Å². The minimum absolute atomic E-state index is 0.0174. The van der Waals surface area contributed by atoms with Crippen LogP contribution in [0, 0.1) is 0 Å². The second-order valence-electron chi connectivity index (χ2n) is 3.96. The van der Waals surface area contributed by atoms with E-state index in [4.69, 9.17) is 10.8 Å². The van der Waals surface area contributed by atoms with Gasteiger partial charge in [0.1, 0.15) is 16.6 Å². The number of amides is 1.